The first kappa shape index (κ1) is 14.3. The van der Waals surface area contributed by atoms with Gasteiger partial charge in [0.2, 0.25) is 5.95 Å². The highest BCUT2D eigenvalue weighted by molar-refractivity contribution is 5.83. The van der Waals surface area contributed by atoms with Crippen molar-refractivity contribution >= 4 is 23.2 Å². The highest BCUT2D eigenvalue weighted by Gasteiger charge is 2.08. The fourth-order valence-corrected chi connectivity index (χ4v) is 2.39. The lowest BCUT2D eigenvalue weighted by atomic mass is 10.2. The number of unbranched alkanes of at least 4 members (excludes halogenated alkanes) is 1. The number of rotatable bonds is 5. The largest absolute Gasteiger partial charge is 0.508 e. The van der Waals surface area contributed by atoms with E-state index in [9.17, 15) is 5.11 Å². The van der Waals surface area contributed by atoms with Gasteiger partial charge in [0.15, 0.2) is 0 Å². The Morgan fingerprint density at radius 2 is 1.91 bits per heavy atom. The van der Waals surface area contributed by atoms with Crippen LogP contribution in [-0.2, 0) is 6.54 Å². The maximum atomic E-state index is 9.32. The highest BCUT2D eigenvalue weighted by atomic mass is 16.3. The summed E-state index contributed by atoms with van der Waals surface area (Å²) in [7, 11) is 0. The van der Waals surface area contributed by atoms with Crippen molar-refractivity contribution in [1.29, 1.82) is 0 Å². The molecule has 0 atom stereocenters. The van der Waals surface area contributed by atoms with Crippen LogP contribution in [0.25, 0.3) is 11.0 Å². The fourth-order valence-electron chi connectivity index (χ4n) is 2.39. The van der Waals surface area contributed by atoms with E-state index in [0.717, 1.165) is 41.9 Å². The summed E-state index contributed by atoms with van der Waals surface area (Å²) in [6.45, 7) is 3.10. The second-order valence-electron chi connectivity index (χ2n) is 5.26. The number of hydrogen-bond donors (Lipinski definition) is 1. The summed E-state index contributed by atoms with van der Waals surface area (Å²) >= 11 is 0. The third-order valence-electron chi connectivity index (χ3n) is 3.59. The third-order valence-corrected chi connectivity index (χ3v) is 3.59. The molecular formula is C18H19N3O. The standard InChI is InChI=1S/C18H19N3O/c1-2-3-12-21-17-7-5-4-6-16(17)20-18(21)19-13-14-8-10-15(22)11-9-14/h4-11,13,22H,2-3,12H2,1H3/b19-13+. The van der Waals surface area contributed by atoms with Gasteiger partial charge in [-0.1, -0.05) is 25.5 Å². The molecule has 0 fully saturated rings. The average Bonchev–Trinajstić information content (AvgIpc) is 2.90. The molecule has 4 nitrogen and oxygen atoms in total. The molecule has 1 heterocycles. The maximum Gasteiger partial charge on any atom is 0.230 e. The quantitative estimate of drug-likeness (QED) is 0.713. The Balaban J connectivity index is 1.96. The number of aromatic hydroxyl groups is 1. The van der Waals surface area contributed by atoms with E-state index in [1.165, 1.54) is 0 Å². The lowest BCUT2D eigenvalue weighted by Gasteiger charge is -2.05. The Morgan fingerprint density at radius 3 is 2.68 bits per heavy atom. The zero-order chi connectivity index (χ0) is 15.4. The number of aromatic nitrogens is 2. The minimum absolute atomic E-state index is 0.257. The molecule has 0 amide bonds. The topological polar surface area (TPSA) is 50.4 Å². The molecule has 0 spiro atoms. The highest BCUT2D eigenvalue weighted by Crippen LogP contribution is 2.22. The van der Waals surface area contributed by atoms with E-state index in [2.05, 4.69) is 27.5 Å². The molecule has 4 heteroatoms. The number of phenolic OH excluding ortho intramolecular Hbond substituents is 1. The van der Waals surface area contributed by atoms with Crippen LogP contribution >= 0.6 is 0 Å². The van der Waals surface area contributed by atoms with Gasteiger partial charge in [0.25, 0.3) is 0 Å². The van der Waals surface area contributed by atoms with E-state index in [1.807, 2.05) is 30.3 Å². The molecule has 0 saturated carbocycles. The summed E-state index contributed by atoms with van der Waals surface area (Å²) < 4.78 is 2.16. The molecule has 0 saturated heterocycles. The predicted octanol–water partition coefficient (Wildman–Crippen LogP) is 4.29. The second kappa shape index (κ2) is 6.43. The van der Waals surface area contributed by atoms with E-state index in [0.29, 0.717) is 0 Å². The molecule has 0 aliphatic carbocycles. The first-order chi connectivity index (χ1) is 10.8. The van der Waals surface area contributed by atoms with Crippen molar-refractivity contribution in [3.05, 3.63) is 54.1 Å². The molecule has 3 rings (SSSR count). The summed E-state index contributed by atoms with van der Waals surface area (Å²) in [5.41, 5.74) is 3.03. The van der Waals surface area contributed by atoms with Crippen molar-refractivity contribution in [2.24, 2.45) is 4.99 Å². The number of nitrogens with zero attached hydrogens (tertiary/aromatic N) is 3. The van der Waals surface area contributed by atoms with Crippen LogP contribution in [0.5, 0.6) is 5.75 Å². The summed E-state index contributed by atoms with van der Waals surface area (Å²) in [5, 5.41) is 9.32. The van der Waals surface area contributed by atoms with Crippen molar-refractivity contribution in [2.75, 3.05) is 0 Å². The number of benzene rings is 2. The third kappa shape index (κ3) is 3.01. The molecule has 3 aromatic rings. The first-order valence-electron chi connectivity index (χ1n) is 7.56. The number of hydrogen-bond acceptors (Lipinski definition) is 3. The van der Waals surface area contributed by atoms with Gasteiger partial charge in [0.1, 0.15) is 5.75 Å². The normalized spacial score (nSPS) is 11.5. The fraction of sp³-hybridized carbons (Fsp3) is 0.222. The van der Waals surface area contributed by atoms with Crippen LogP contribution in [0.4, 0.5) is 5.95 Å². The van der Waals surface area contributed by atoms with Gasteiger partial charge in [-0.25, -0.2) is 9.98 Å². The molecule has 0 aliphatic heterocycles. The molecule has 0 bridgehead atoms. The van der Waals surface area contributed by atoms with Crippen molar-refractivity contribution in [3.63, 3.8) is 0 Å². The van der Waals surface area contributed by atoms with E-state index in [4.69, 9.17) is 0 Å². The number of fused-ring (bicyclic) bond motifs is 1. The first-order valence-corrected chi connectivity index (χ1v) is 7.56. The van der Waals surface area contributed by atoms with Gasteiger partial charge in [-0.2, -0.15) is 0 Å². The van der Waals surface area contributed by atoms with E-state index >= 15 is 0 Å². The van der Waals surface area contributed by atoms with Gasteiger partial charge in [-0.3, -0.25) is 0 Å². The van der Waals surface area contributed by atoms with Crippen LogP contribution in [0.3, 0.4) is 0 Å². The Morgan fingerprint density at radius 1 is 1.14 bits per heavy atom. The summed E-state index contributed by atoms with van der Waals surface area (Å²) in [6, 6.07) is 15.1. The van der Waals surface area contributed by atoms with Gasteiger partial charge in [-0.15, -0.1) is 0 Å². The number of imidazole rings is 1. The van der Waals surface area contributed by atoms with Crippen molar-refractivity contribution in [2.45, 2.75) is 26.3 Å². The SMILES string of the molecule is CCCCn1c(/N=C/c2ccc(O)cc2)nc2ccccc21. The average molecular weight is 293 g/mol. The minimum atomic E-state index is 0.257. The maximum absolute atomic E-state index is 9.32. The molecule has 0 radical (unpaired) electrons. The Kier molecular flexibility index (Phi) is 4.19. The van der Waals surface area contributed by atoms with Gasteiger partial charge in [0, 0.05) is 12.8 Å². The Labute approximate surface area is 129 Å². The van der Waals surface area contributed by atoms with Crippen LogP contribution in [-0.4, -0.2) is 20.9 Å². The van der Waals surface area contributed by atoms with Gasteiger partial charge >= 0.3 is 0 Å². The van der Waals surface area contributed by atoms with Gasteiger partial charge in [0.05, 0.1) is 11.0 Å². The van der Waals surface area contributed by atoms with Gasteiger partial charge in [-0.05, 0) is 48.4 Å². The molecule has 112 valence electrons. The van der Waals surface area contributed by atoms with E-state index in [-0.39, 0.29) is 5.75 Å². The Bertz CT molecular complexity index is 788. The number of aryl methyl sites for hydroxylation is 1. The lowest BCUT2D eigenvalue weighted by molar-refractivity contribution is 0.475. The smallest absolute Gasteiger partial charge is 0.230 e. The van der Waals surface area contributed by atoms with Crippen molar-refractivity contribution in [1.82, 2.24) is 9.55 Å². The van der Waals surface area contributed by atoms with Crippen LogP contribution in [0.2, 0.25) is 0 Å². The molecule has 1 aromatic heterocycles. The van der Waals surface area contributed by atoms with Crippen molar-refractivity contribution < 1.29 is 5.11 Å². The minimum Gasteiger partial charge on any atom is -0.508 e. The zero-order valence-electron chi connectivity index (χ0n) is 12.6. The van der Waals surface area contributed by atoms with Gasteiger partial charge < -0.3 is 9.67 Å². The second-order valence-corrected chi connectivity index (χ2v) is 5.26. The zero-order valence-corrected chi connectivity index (χ0v) is 12.6. The molecule has 1 N–H and O–H groups in total. The monoisotopic (exact) mass is 293 g/mol. The summed E-state index contributed by atoms with van der Waals surface area (Å²) in [5.74, 6) is 0.982. The van der Waals surface area contributed by atoms with Crippen LogP contribution in [0, 0.1) is 0 Å². The molecule has 22 heavy (non-hydrogen) atoms. The number of phenols is 1. The lowest BCUT2D eigenvalue weighted by Crippen LogP contribution is -1.97. The van der Waals surface area contributed by atoms with Crippen molar-refractivity contribution in [3.8, 4) is 5.75 Å². The van der Waals surface area contributed by atoms with E-state index < -0.39 is 0 Å². The van der Waals surface area contributed by atoms with Crippen LogP contribution < -0.4 is 0 Å². The predicted molar refractivity (Wildman–Crippen MR) is 90.0 cm³/mol. The van der Waals surface area contributed by atoms with E-state index in [1.54, 1.807) is 18.3 Å². The molecule has 0 unspecified atom stereocenters. The van der Waals surface area contributed by atoms with Crippen LogP contribution in [0.1, 0.15) is 25.3 Å². The summed E-state index contributed by atoms with van der Waals surface area (Å²) in [4.78, 5) is 9.16. The van der Waals surface area contributed by atoms with Crippen LogP contribution in [0.15, 0.2) is 53.5 Å². The number of para-hydroxylation sites is 2. The molecule has 2 aromatic carbocycles. The molecule has 0 aliphatic rings. The Hall–Kier alpha value is -2.62. The molecular weight excluding hydrogens is 274 g/mol. The summed E-state index contributed by atoms with van der Waals surface area (Å²) in [6.07, 6.45) is 4.01. The number of aliphatic imine (C=N–C) groups is 1.